The predicted octanol–water partition coefficient (Wildman–Crippen LogP) is 1.96. The molecule has 1 rings (SSSR count). The highest BCUT2D eigenvalue weighted by atomic mass is 32.2. The van der Waals surface area contributed by atoms with Crippen molar-refractivity contribution in [3.05, 3.63) is 17.0 Å². The Morgan fingerprint density at radius 2 is 2.00 bits per heavy atom. The van der Waals surface area contributed by atoms with Crippen molar-refractivity contribution in [1.82, 2.24) is 4.72 Å². The van der Waals surface area contributed by atoms with E-state index in [-0.39, 0.29) is 18.0 Å². The maximum absolute atomic E-state index is 12.2. The number of sulfonamides is 1. The van der Waals surface area contributed by atoms with Gasteiger partial charge in [0.1, 0.15) is 4.21 Å². The van der Waals surface area contributed by atoms with Crippen molar-refractivity contribution in [1.29, 1.82) is 0 Å². The third-order valence-electron chi connectivity index (χ3n) is 2.83. The summed E-state index contributed by atoms with van der Waals surface area (Å²) in [6, 6.07) is 3.24. The van der Waals surface area contributed by atoms with Crippen LogP contribution < -0.4 is 10.5 Å². The normalized spacial score (nSPS) is 14.7. The highest BCUT2D eigenvalue weighted by molar-refractivity contribution is 7.91. The van der Waals surface area contributed by atoms with Gasteiger partial charge in [-0.3, -0.25) is 0 Å². The van der Waals surface area contributed by atoms with E-state index in [9.17, 15) is 8.42 Å². The van der Waals surface area contributed by atoms with Gasteiger partial charge in [-0.15, -0.1) is 11.3 Å². The lowest BCUT2D eigenvalue weighted by Crippen LogP contribution is -2.48. The van der Waals surface area contributed by atoms with Crippen LogP contribution in [0.1, 0.15) is 32.6 Å². The van der Waals surface area contributed by atoms with Crippen LogP contribution in [-0.4, -0.2) is 21.0 Å². The first-order chi connectivity index (χ1) is 8.20. The number of hydrogen-bond acceptors (Lipinski definition) is 4. The molecule has 0 saturated carbocycles. The fourth-order valence-electron chi connectivity index (χ4n) is 1.52. The van der Waals surface area contributed by atoms with E-state index in [1.54, 1.807) is 6.07 Å². The summed E-state index contributed by atoms with van der Waals surface area (Å²) in [6.45, 7) is 8.21. The van der Waals surface area contributed by atoms with Crippen LogP contribution in [0, 0.1) is 5.41 Å². The molecule has 6 heteroatoms. The molecule has 104 valence electrons. The summed E-state index contributed by atoms with van der Waals surface area (Å²) in [5.41, 5.74) is 5.45. The molecule has 0 aliphatic carbocycles. The average Bonchev–Trinajstić information content (AvgIpc) is 2.73. The fraction of sp³-hybridized carbons (Fsp3) is 0.667. The van der Waals surface area contributed by atoms with Gasteiger partial charge in [-0.2, -0.15) is 0 Å². The van der Waals surface area contributed by atoms with Crippen LogP contribution in [-0.2, 0) is 16.4 Å². The van der Waals surface area contributed by atoms with Gasteiger partial charge < -0.3 is 5.73 Å². The van der Waals surface area contributed by atoms with Crippen LogP contribution in [0.3, 0.4) is 0 Å². The Morgan fingerprint density at radius 1 is 1.39 bits per heavy atom. The molecular weight excluding hydrogens is 268 g/mol. The highest BCUT2D eigenvalue weighted by Gasteiger charge is 2.29. The Bertz CT molecular complexity index is 486. The molecule has 0 radical (unpaired) electrons. The van der Waals surface area contributed by atoms with Gasteiger partial charge in [-0.25, -0.2) is 13.1 Å². The van der Waals surface area contributed by atoms with Crippen LogP contribution in [0.5, 0.6) is 0 Å². The summed E-state index contributed by atoms with van der Waals surface area (Å²) in [5.74, 6) is 0. The third-order valence-corrected chi connectivity index (χ3v) is 6.02. The molecule has 0 aliphatic rings. The molecule has 18 heavy (non-hydrogen) atoms. The summed E-state index contributed by atoms with van der Waals surface area (Å²) in [4.78, 5) is 1.07. The van der Waals surface area contributed by atoms with Crippen molar-refractivity contribution >= 4 is 21.4 Å². The Kier molecular flexibility index (Phi) is 4.94. The van der Waals surface area contributed by atoms with Crippen molar-refractivity contribution in [3.8, 4) is 0 Å². The van der Waals surface area contributed by atoms with Gasteiger partial charge in [0, 0.05) is 17.5 Å². The minimum absolute atomic E-state index is 0.202. The number of hydrogen-bond donors (Lipinski definition) is 2. The van der Waals surface area contributed by atoms with Gasteiger partial charge in [0.25, 0.3) is 0 Å². The monoisotopic (exact) mass is 290 g/mol. The van der Waals surface area contributed by atoms with Crippen molar-refractivity contribution in [2.45, 2.75) is 44.4 Å². The molecule has 0 fully saturated rings. The van der Waals surface area contributed by atoms with Crippen molar-refractivity contribution < 1.29 is 8.42 Å². The maximum Gasteiger partial charge on any atom is 0.250 e. The zero-order valence-corrected chi connectivity index (χ0v) is 13.0. The number of thiophene rings is 1. The maximum atomic E-state index is 12.2. The molecule has 0 saturated heterocycles. The van der Waals surface area contributed by atoms with Crippen molar-refractivity contribution in [2.24, 2.45) is 11.1 Å². The predicted molar refractivity (Wildman–Crippen MR) is 76.3 cm³/mol. The summed E-state index contributed by atoms with van der Waals surface area (Å²) in [5, 5.41) is 0. The first-order valence-corrected chi connectivity index (χ1v) is 8.31. The van der Waals surface area contributed by atoms with Crippen LogP contribution in [0.2, 0.25) is 0 Å². The minimum atomic E-state index is -3.46. The summed E-state index contributed by atoms with van der Waals surface area (Å²) < 4.78 is 27.5. The number of nitrogens with two attached hydrogens (primary N) is 1. The summed E-state index contributed by atoms with van der Waals surface area (Å²) >= 11 is 1.31. The average molecular weight is 290 g/mol. The fourth-order valence-corrected chi connectivity index (χ4v) is 4.28. The van der Waals surface area contributed by atoms with Gasteiger partial charge in [0.05, 0.1) is 0 Å². The second kappa shape index (κ2) is 5.69. The Hall–Kier alpha value is -0.430. The zero-order chi connectivity index (χ0) is 14.0. The second-order valence-electron chi connectivity index (χ2n) is 5.35. The van der Waals surface area contributed by atoms with Crippen LogP contribution in [0.15, 0.2) is 16.3 Å². The van der Waals surface area contributed by atoms with Crippen LogP contribution in [0.4, 0.5) is 0 Å². The van der Waals surface area contributed by atoms with E-state index in [4.69, 9.17) is 5.73 Å². The molecule has 0 bridgehead atoms. The van der Waals surface area contributed by atoms with E-state index in [2.05, 4.69) is 4.72 Å². The molecule has 1 aromatic rings. The Balaban J connectivity index is 2.94. The third kappa shape index (κ3) is 3.78. The van der Waals surface area contributed by atoms with E-state index in [1.807, 2.05) is 33.8 Å². The first-order valence-electron chi connectivity index (χ1n) is 6.02. The lowest BCUT2D eigenvalue weighted by Gasteiger charge is -2.29. The molecular formula is C12H22N2O2S2. The van der Waals surface area contributed by atoms with E-state index in [0.717, 1.165) is 11.3 Å². The van der Waals surface area contributed by atoms with E-state index in [0.29, 0.717) is 4.21 Å². The van der Waals surface area contributed by atoms with Gasteiger partial charge in [-0.05, 0) is 24.0 Å². The second-order valence-corrected chi connectivity index (χ2v) is 8.46. The molecule has 1 atom stereocenters. The largest absolute Gasteiger partial charge is 0.329 e. The number of rotatable bonds is 5. The standard InChI is InChI=1S/C12H22N2O2S2/c1-5-9-6-7-11(17-9)18(15,16)14-10(8-13)12(2,3)4/h6-7,10,14H,5,8,13H2,1-4H3. The number of nitrogens with one attached hydrogen (secondary N) is 1. The molecule has 0 aliphatic heterocycles. The van der Waals surface area contributed by atoms with Gasteiger partial charge >= 0.3 is 0 Å². The lowest BCUT2D eigenvalue weighted by atomic mass is 9.88. The number of aryl methyl sites for hydroxylation is 1. The van der Waals surface area contributed by atoms with Gasteiger partial charge in [0.2, 0.25) is 10.0 Å². The molecule has 1 unspecified atom stereocenters. The lowest BCUT2D eigenvalue weighted by molar-refractivity contribution is 0.304. The Labute approximate surface area is 114 Å². The van der Waals surface area contributed by atoms with E-state index in [1.165, 1.54) is 11.3 Å². The molecule has 0 spiro atoms. The minimum Gasteiger partial charge on any atom is -0.329 e. The highest BCUT2D eigenvalue weighted by Crippen LogP contribution is 2.25. The quantitative estimate of drug-likeness (QED) is 0.870. The summed E-state index contributed by atoms with van der Waals surface area (Å²) in [6.07, 6.45) is 0.847. The molecule has 4 nitrogen and oxygen atoms in total. The molecule has 0 aromatic carbocycles. The molecule has 1 aromatic heterocycles. The van der Waals surface area contributed by atoms with E-state index < -0.39 is 10.0 Å². The van der Waals surface area contributed by atoms with Crippen molar-refractivity contribution in [3.63, 3.8) is 0 Å². The molecule has 3 N–H and O–H groups in total. The van der Waals surface area contributed by atoms with Crippen LogP contribution in [0.25, 0.3) is 0 Å². The van der Waals surface area contributed by atoms with Gasteiger partial charge in [-0.1, -0.05) is 27.7 Å². The molecule has 1 heterocycles. The van der Waals surface area contributed by atoms with Gasteiger partial charge in [0.15, 0.2) is 0 Å². The zero-order valence-electron chi connectivity index (χ0n) is 11.4. The van der Waals surface area contributed by atoms with Crippen LogP contribution >= 0.6 is 11.3 Å². The first kappa shape index (κ1) is 15.6. The topological polar surface area (TPSA) is 72.2 Å². The van der Waals surface area contributed by atoms with E-state index >= 15 is 0 Å². The smallest absolute Gasteiger partial charge is 0.250 e. The van der Waals surface area contributed by atoms with Crippen molar-refractivity contribution in [2.75, 3.05) is 6.54 Å². The SMILES string of the molecule is CCc1ccc(S(=O)(=O)NC(CN)C(C)(C)C)s1. The summed E-state index contributed by atoms with van der Waals surface area (Å²) in [7, 11) is -3.46. The Morgan fingerprint density at radius 3 is 2.39 bits per heavy atom. The molecule has 0 amide bonds.